The number of ether oxygens (including phenoxy) is 1. The first-order valence-corrected chi connectivity index (χ1v) is 8.03. The molecule has 22 heavy (non-hydrogen) atoms. The Hall–Kier alpha value is -2.21. The second kappa shape index (κ2) is 6.27. The minimum Gasteiger partial charge on any atom is -0.457 e. The van der Waals surface area contributed by atoms with Crippen molar-refractivity contribution in [1.82, 2.24) is 0 Å². The number of esters is 1. The lowest BCUT2D eigenvalue weighted by Crippen LogP contribution is -2.09. The normalized spacial score (nSPS) is 13.5. The Morgan fingerprint density at radius 1 is 1.32 bits per heavy atom. The molecule has 0 fully saturated rings. The zero-order valence-electron chi connectivity index (χ0n) is 11.9. The van der Waals surface area contributed by atoms with Gasteiger partial charge in [-0.1, -0.05) is 12.1 Å². The highest BCUT2D eigenvalue weighted by Crippen LogP contribution is 2.30. The fraction of sp³-hybridized carbons (Fsp3) is 0.312. The highest BCUT2D eigenvalue weighted by atomic mass is 32.1. The van der Waals surface area contributed by atoms with Crippen LogP contribution in [0.3, 0.4) is 0 Å². The van der Waals surface area contributed by atoms with Crippen molar-refractivity contribution in [3.8, 4) is 0 Å². The molecule has 0 unspecified atom stereocenters. The molecule has 2 aromatic rings. The highest BCUT2D eigenvalue weighted by Gasteiger charge is 2.21. The van der Waals surface area contributed by atoms with Gasteiger partial charge in [0, 0.05) is 22.4 Å². The molecule has 1 aromatic heterocycles. The molecule has 1 aromatic carbocycles. The van der Waals surface area contributed by atoms with Gasteiger partial charge < -0.3 is 4.74 Å². The summed E-state index contributed by atoms with van der Waals surface area (Å²) in [7, 11) is 0. The van der Waals surface area contributed by atoms with Crippen molar-refractivity contribution in [1.29, 1.82) is 0 Å². The summed E-state index contributed by atoms with van der Waals surface area (Å²) in [6.07, 6.45) is 4.25. The summed E-state index contributed by atoms with van der Waals surface area (Å²) >= 11 is 1.62. The number of carbonyl (C=O) groups is 1. The number of benzene rings is 1. The maximum atomic E-state index is 12.2. The van der Waals surface area contributed by atoms with Crippen LogP contribution in [0.2, 0.25) is 0 Å². The molecular weight excluding hydrogens is 302 g/mol. The van der Waals surface area contributed by atoms with E-state index in [1.165, 1.54) is 23.4 Å². The molecule has 0 saturated heterocycles. The standard InChI is InChI=1S/C16H15NO4S/c18-16(14-10-22-15-7-2-1-6-13(14)15)21-9-11-4-3-5-12(8-11)17(19)20/h3-5,8,10H,1-2,6-7,9H2. The first-order chi connectivity index (χ1) is 10.6. The Morgan fingerprint density at radius 2 is 2.14 bits per heavy atom. The van der Waals surface area contributed by atoms with E-state index in [1.807, 2.05) is 5.38 Å². The highest BCUT2D eigenvalue weighted by molar-refractivity contribution is 7.10. The van der Waals surface area contributed by atoms with Crippen molar-refractivity contribution >= 4 is 23.0 Å². The molecule has 0 amide bonds. The number of rotatable bonds is 4. The van der Waals surface area contributed by atoms with Crippen LogP contribution in [0.1, 0.15) is 39.2 Å². The molecule has 6 heteroatoms. The smallest absolute Gasteiger partial charge is 0.339 e. The molecule has 0 spiro atoms. The molecule has 0 atom stereocenters. The molecule has 0 N–H and O–H groups in total. The van der Waals surface area contributed by atoms with E-state index >= 15 is 0 Å². The van der Waals surface area contributed by atoms with Crippen molar-refractivity contribution in [2.45, 2.75) is 32.3 Å². The molecule has 3 rings (SSSR count). The third-order valence-corrected chi connectivity index (χ3v) is 4.86. The van der Waals surface area contributed by atoms with Gasteiger partial charge in [0.15, 0.2) is 0 Å². The van der Waals surface area contributed by atoms with Crippen molar-refractivity contribution in [3.63, 3.8) is 0 Å². The predicted octanol–water partition coefficient (Wildman–Crippen LogP) is 3.89. The Bertz CT molecular complexity index is 723. The fourth-order valence-corrected chi connectivity index (χ4v) is 3.77. The summed E-state index contributed by atoms with van der Waals surface area (Å²) in [5.41, 5.74) is 2.40. The number of hydrogen-bond donors (Lipinski definition) is 0. The number of non-ortho nitro benzene ring substituents is 1. The lowest BCUT2D eigenvalue weighted by molar-refractivity contribution is -0.384. The van der Waals surface area contributed by atoms with Gasteiger partial charge >= 0.3 is 5.97 Å². The van der Waals surface area contributed by atoms with Gasteiger partial charge in [-0.05, 0) is 36.8 Å². The quantitative estimate of drug-likeness (QED) is 0.487. The Balaban J connectivity index is 1.69. The Labute approximate surface area is 131 Å². The number of fused-ring (bicyclic) bond motifs is 1. The van der Waals surface area contributed by atoms with E-state index in [0.717, 1.165) is 24.8 Å². The Kier molecular flexibility index (Phi) is 4.20. The molecule has 0 saturated carbocycles. The van der Waals surface area contributed by atoms with Gasteiger partial charge in [0.05, 0.1) is 10.5 Å². The number of aryl methyl sites for hydroxylation is 1. The van der Waals surface area contributed by atoms with Crippen LogP contribution in [0.15, 0.2) is 29.6 Å². The monoisotopic (exact) mass is 317 g/mol. The van der Waals surface area contributed by atoms with Crippen LogP contribution in [0.5, 0.6) is 0 Å². The average molecular weight is 317 g/mol. The number of hydrogen-bond acceptors (Lipinski definition) is 5. The van der Waals surface area contributed by atoms with Crippen molar-refractivity contribution in [3.05, 3.63) is 61.3 Å². The molecular formula is C16H15NO4S. The number of nitro benzene ring substituents is 1. The van der Waals surface area contributed by atoms with Crippen molar-refractivity contribution in [2.24, 2.45) is 0 Å². The number of nitrogens with zero attached hydrogens (tertiary/aromatic N) is 1. The second-order valence-corrected chi connectivity index (χ2v) is 6.23. The lowest BCUT2D eigenvalue weighted by atomic mass is 9.96. The van der Waals surface area contributed by atoms with Gasteiger partial charge in [0.2, 0.25) is 0 Å². The summed E-state index contributed by atoms with van der Waals surface area (Å²) in [5.74, 6) is -0.342. The number of thiophene rings is 1. The van der Waals surface area contributed by atoms with Crippen LogP contribution in [0.4, 0.5) is 5.69 Å². The molecule has 1 aliphatic rings. The van der Waals surface area contributed by atoms with Crippen LogP contribution < -0.4 is 0 Å². The summed E-state index contributed by atoms with van der Waals surface area (Å²) in [6, 6.07) is 6.15. The van der Waals surface area contributed by atoms with E-state index in [9.17, 15) is 14.9 Å². The van der Waals surface area contributed by atoms with Gasteiger partial charge in [-0.15, -0.1) is 11.3 Å². The summed E-state index contributed by atoms with van der Waals surface area (Å²) < 4.78 is 5.32. The summed E-state index contributed by atoms with van der Waals surface area (Å²) in [5, 5.41) is 12.6. The summed E-state index contributed by atoms with van der Waals surface area (Å²) in [4.78, 5) is 23.8. The number of carbonyl (C=O) groups excluding carboxylic acids is 1. The zero-order chi connectivity index (χ0) is 15.5. The second-order valence-electron chi connectivity index (χ2n) is 5.26. The Morgan fingerprint density at radius 3 is 2.95 bits per heavy atom. The van der Waals surface area contributed by atoms with E-state index in [0.29, 0.717) is 11.1 Å². The van der Waals surface area contributed by atoms with E-state index in [4.69, 9.17) is 4.74 Å². The van der Waals surface area contributed by atoms with Crippen LogP contribution in [0, 0.1) is 10.1 Å². The largest absolute Gasteiger partial charge is 0.457 e. The lowest BCUT2D eigenvalue weighted by Gasteiger charge is -2.12. The zero-order valence-corrected chi connectivity index (χ0v) is 12.7. The van der Waals surface area contributed by atoms with Crippen molar-refractivity contribution in [2.75, 3.05) is 0 Å². The molecule has 0 bridgehead atoms. The van der Waals surface area contributed by atoms with Crippen LogP contribution >= 0.6 is 11.3 Å². The maximum absolute atomic E-state index is 12.2. The molecule has 5 nitrogen and oxygen atoms in total. The topological polar surface area (TPSA) is 69.4 Å². The molecule has 0 aliphatic heterocycles. The summed E-state index contributed by atoms with van der Waals surface area (Å²) in [6.45, 7) is 0.0468. The number of nitro groups is 1. The first kappa shape index (κ1) is 14.7. The minimum absolute atomic E-state index is 0.00135. The van der Waals surface area contributed by atoms with Crippen LogP contribution in [-0.4, -0.2) is 10.9 Å². The van der Waals surface area contributed by atoms with E-state index < -0.39 is 4.92 Å². The SMILES string of the molecule is O=C(OCc1cccc([N+](=O)[O-])c1)c1csc2c1CCCC2. The molecule has 114 valence electrons. The third-order valence-electron chi connectivity index (χ3n) is 3.77. The molecule has 0 radical (unpaired) electrons. The fourth-order valence-electron chi connectivity index (χ4n) is 2.65. The minimum atomic E-state index is -0.458. The van der Waals surface area contributed by atoms with E-state index in [1.54, 1.807) is 23.5 Å². The van der Waals surface area contributed by atoms with Gasteiger partial charge in [-0.25, -0.2) is 4.79 Å². The van der Waals surface area contributed by atoms with Crippen LogP contribution in [-0.2, 0) is 24.2 Å². The molecule has 1 aliphatic carbocycles. The average Bonchev–Trinajstić information content (AvgIpc) is 2.97. The predicted molar refractivity (Wildman–Crippen MR) is 83.2 cm³/mol. The first-order valence-electron chi connectivity index (χ1n) is 7.15. The van der Waals surface area contributed by atoms with Gasteiger partial charge in [-0.2, -0.15) is 0 Å². The van der Waals surface area contributed by atoms with Crippen molar-refractivity contribution < 1.29 is 14.5 Å². The van der Waals surface area contributed by atoms with Gasteiger partial charge in [0.25, 0.3) is 5.69 Å². The maximum Gasteiger partial charge on any atom is 0.339 e. The van der Waals surface area contributed by atoms with E-state index in [2.05, 4.69) is 0 Å². The van der Waals surface area contributed by atoms with Gasteiger partial charge in [-0.3, -0.25) is 10.1 Å². The van der Waals surface area contributed by atoms with Gasteiger partial charge in [0.1, 0.15) is 6.61 Å². The molecule has 1 heterocycles. The van der Waals surface area contributed by atoms with E-state index in [-0.39, 0.29) is 18.3 Å². The van der Waals surface area contributed by atoms with Crippen LogP contribution in [0.25, 0.3) is 0 Å². The third kappa shape index (κ3) is 3.01.